The Bertz CT molecular complexity index is 1040. The third-order valence-corrected chi connectivity index (χ3v) is 10.1. The summed E-state index contributed by atoms with van der Waals surface area (Å²) < 4.78 is 0. The number of amides is 1. The van der Waals surface area contributed by atoms with E-state index < -0.39 is 18.1 Å². The van der Waals surface area contributed by atoms with Crippen molar-refractivity contribution in [3.63, 3.8) is 0 Å². The largest absolute Gasteiger partial charge is 0.507 e. The lowest BCUT2D eigenvalue weighted by atomic mass is 9.80. The van der Waals surface area contributed by atoms with Gasteiger partial charge in [0.2, 0.25) is 5.91 Å². The zero-order valence-electron chi connectivity index (χ0n) is 23.8. The van der Waals surface area contributed by atoms with Gasteiger partial charge in [-0.2, -0.15) is 0 Å². The van der Waals surface area contributed by atoms with Gasteiger partial charge in [-0.1, -0.05) is 53.5 Å². The fourth-order valence-electron chi connectivity index (χ4n) is 6.11. The molecule has 4 N–H and O–H groups in total. The first-order valence-electron chi connectivity index (χ1n) is 14.8. The molecule has 5 nitrogen and oxygen atoms in total. The molecule has 4 aliphatic rings. The second kappa shape index (κ2) is 13.9. The minimum Gasteiger partial charge on any atom is -0.507 e. The van der Waals surface area contributed by atoms with Gasteiger partial charge >= 0.3 is 0 Å². The summed E-state index contributed by atoms with van der Waals surface area (Å²) in [5.41, 5.74) is 2.92. The number of rotatable bonds is 10. The van der Waals surface area contributed by atoms with Crippen molar-refractivity contribution >= 4 is 29.3 Å². The van der Waals surface area contributed by atoms with Gasteiger partial charge in [0.15, 0.2) is 0 Å². The number of hydrogen-bond acceptors (Lipinski definition) is 5. The van der Waals surface area contributed by atoms with Gasteiger partial charge in [-0.3, -0.25) is 4.79 Å². The lowest BCUT2D eigenvalue weighted by Gasteiger charge is -2.33. The minimum absolute atomic E-state index is 0.0431. The van der Waals surface area contributed by atoms with E-state index in [4.69, 9.17) is 11.6 Å². The van der Waals surface area contributed by atoms with Gasteiger partial charge < -0.3 is 20.8 Å². The molecule has 4 aliphatic carbocycles. The predicted octanol–water partition coefficient (Wildman–Crippen LogP) is 7.06. The van der Waals surface area contributed by atoms with Gasteiger partial charge in [-0.15, -0.1) is 11.8 Å². The first kappa shape index (κ1) is 30.5. The Morgan fingerprint density at radius 2 is 2.03 bits per heavy atom. The van der Waals surface area contributed by atoms with Crippen LogP contribution in [-0.4, -0.2) is 46.1 Å². The summed E-state index contributed by atoms with van der Waals surface area (Å²) in [4.78, 5) is 14.7. The van der Waals surface area contributed by atoms with Crippen molar-refractivity contribution in [3.8, 4) is 0 Å². The molecule has 4 rings (SSSR count). The Morgan fingerprint density at radius 3 is 2.82 bits per heavy atom. The van der Waals surface area contributed by atoms with Crippen molar-refractivity contribution in [2.45, 2.75) is 103 Å². The van der Waals surface area contributed by atoms with E-state index in [1.54, 1.807) is 23.4 Å². The Kier molecular flexibility index (Phi) is 10.9. The molecule has 0 heterocycles. The van der Waals surface area contributed by atoms with Crippen LogP contribution in [0.15, 0.2) is 57.2 Å². The first-order valence-corrected chi connectivity index (χ1v) is 16.2. The quantitative estimate of drug-likeness (QED) is 0.210. The number of aliphatic hydroxyl groups is 2. The van der Waals surface area contributed by atoms with Crippen LogP contribution in [0.2, 0.25) is 0 Å². The summed E-state index contributed by atoms with van der Waals surface area (Å²) in [6, 6.07) is -0.420. The summed E-state index contributed by atoms with van der Waals surface area (Å²) in [5.74, 6) is 0.715. The monoisotopic (exact) mass is 574 g/mol. The summed E-state index contributed by atoms with van der Waals surface area (Å²) in [5, 5.41) is 28.6. The highest BCUT2D eigenvalue weighted by Gasteiger charge is 2.32. The van der Waals surface area contributed by atoms with E-state index in [0.717, 1.165) is 25.8 Å². The van der Waals surface area contributed by atoms with E-state index >= 15 is 0 Å². The van der Waals surface area contributed by atoms with Crippen molar-refractivity contribution in [2.24, 2.45) is 17.8 Å². The molecule has 1 unspecified atom stereocenters. The number of allylic oxidation sites excluding steroid dienone is 7. The molecule has 0 aromatic carbocycles. The van der Waals surface area contributed by atoms with Crippen molar-refractivity contribution in [1.82, 2.24) is 10.6 Å². The van der Waals surface area contributed by atoms with Gasteiger partial charge in [0.1, 0.15) is 5.76 Å². The van der Waals surface area contributed by atoms with Gasteiger partial charge in [0.05, 0.1) is 23.1 Å². The predicted molar refractivity (Wildman–Crippen MR) is 164 cm³/mol. The number of fused-ring (bicyclic) bond motifs is 1. The topological polar surface area (TPSA) is 81.6 Å². The van der Waals surface area contributed by atoms with E-state index in [2.05, 4.69) is 49.6 Å². The van der Waals surface area contributed by atoms with Gasteiger partial charge in [0.25, 0.3) is 0 Å². The molecule has 5 atom stereocenters. The van der Waals surface area contributed by atoms with Crippen LogP contribution in [0, 0.1) is 17.8 Å². The van der Waals surface area contributed by atoms with Crippen LogP contribution in [0.5, 0.6) is 0 Å². The molecule has 1 saturated carbocycles. The van der Waals surface area contributed by atoms with Crippen molar-refractivity contribution in [3.05, 3.63) is 57.2 Å². The molecule has 0 aromatic rings. The summed E-state index contributed by atoms with van der Waals surface area (Å²) >= 11 is 8.08. The molecule has 0 radical (unpaired) electrons. The third-order valence-electron chi connectivity index (χ3n) is 8.49. The Balaban J connectivity index is 1.45. The molecule has 39 heavy (non-hydrogen) atoms. The standard InChI is InChI=1S/C32H47ClN2O3S/c1-32(2,3)34-19-24-12-7-6-11-23(24)18-29(37)27(35-31(38)26-13-8-14-28(36)30(26)33)20-39-25-16-15-21-9-4-5-10-22(21)17-25/h8,11,14-16,22,24,26-27,29,34,36-37H,4-7,9-10,12-13,17-20H2,1-3H3,(H,35,38)/t22?,24-,26-,27+,29-/m1/s1. The number of carbonyl (C=O) groups is 1. The molecule has 216 valence electrons. The van der Waals surface area contributed by atoms with Gasteiger partial charge in [-0.05, 0) is 101 Å². The maximum Gasteiger partial charge on any atom is 0.229 e. The highest BCUT2D eigenvalue weighted by atomic mass is 35.5. The molecule has 0 bridgehead atoms. The van der Waals surface area contributed by atoms with E-state index in [-0.39, 0.29) is 22.2 Å². The van der Waals surface area contributed by atoms with Crippen molar-refractivity contribution < 1.29 is 15.0 Å². The summed E-state index contributed by atoms with van der Waals surface area (Å²) in [6.07, 6.45) is 19.9. The fraction of sp³-hybridized carbons (Fsp3) is 0.656. The smallest absolute Gasteiger partial charge is 0.229 e. The second-order valence-electron chi connectivity index (χ2n) is 12.7. The maximum atomic E-state index is 13.3. The molecule has 7 heteroatoms. The van der Waals surface area contributed by atoms with Crippen molar-refractivity contribution in [2.75, 3.05) is 12.3 Å². The van der Waals surface area contributed by atoms with Crippen LogP contribution in [0.1, 0.15) is 85.0 Å². The van der Waals surface area contributed by atoms with Crippen molar-refractivity contribution in [1.29, 1.82) is 0 Å². The molecule has 0 saturated heterocycles. The number of nitrogens with one attached hydrogen (secondary N) is 2. The lowest BCUT2D eigenvalue weighted by Crippen LogP contribution is -2.48. The van der Waals surface area contributed by atoms with Crippen LogP contribution in [-0.2, 0) is 4.79 Å². The van der Waals surface area contributed by atoms with E-state index in [1.807, 2.05) is 0 Å². The zero-order chi connectivity index (χ0) is 28.0. The van der Waals surface area contributed by atoms with Crippen LogP contribution in [0.25, 0.3) is 0 Å². The maximum absolute atomic E-state index is 13.3. The number of aliphatic hydroxyl groups excluding tert-OH is 2. The van der Waals surface area contributed by atoms with E-state index in [0.29, 0.717) is 30.4 Å². The third kappa shape index (κ3) is 8.76. The number of thioether (sulfide) groups is 1. The molecule has 0 aromatic heterocycles. The first-order chi connectivity index (χ1) is 18.6. The fourth-order valence-corrected chi connectivity index (χ4v) is 7.54. The molecule has 1 amide bonds. The average molecular weight is 575 g/mol. The normalized spacial score (nSPS) is 27.2. The Morgan fingerprint density at radius 1 is 1.21 bits per heavy atom. The minimum atomic E-state index is -0.705. The van der Waals surface area contributed by atoms with E-state index in [9.17, 15) is 15.0 Å². The van der Waals surface area contributed by atoms with Gasteiger partial charge in [-0.25, -0.2) is 0 Å². The Labute approximate surface area is 244 Å². The summed E-state index contributed by atoms with van der Waals surface area (Å²) in [7, 11) is 0. The number of carbonyl (C=O) groups excluding carboxylic acids is 1. The Hall–Kier alpha value is -1.47. The zero-order valence-corrected chi connectivity index (χ0v) is 25.4. The molecule has 1 fully saturated rings. The van der Waals surface area contributed by atoms with E-state index in [1.165, 1.54) is 48.7 Å². The van der Waals surface area contributed by atoms with Crippen LogP contribution in [0.3, 0.4) is 0 Å². The highest BCUT2D eigenvalue weighted by molar-refractivity contribution is 8.03. The average Bonchev–Trinajstić information content (AvgIpc) is 2.91. The van der Waals surface area contributed by atoms with Gasteiger partial charge in [0, 0.05) is 17.8 Å². The molecule has 0 spiro atoms. The highest BCUT2D eigenvalue weighted by Crippen LogP contribution is 2.40. The number of halogens is 1. The SMILES string of the molecule is CC(C)(C)NC[C@H]1CCCC=C1C[C@@H](O)[C@H](CSC1=CC=C2CCCCC2C1)NC(=O)[C@@H]1CC=CC(O)=C1Cl. The summed E-state index contributed by atoms with van der Waals surface area (Å²) in [6.45, 7) is 7.44. The van der Waals surface area contributed by atoms with Crippen LogP contribution in [0.4, 0.5) is 0 Å². The molecule has 0 aliphatic heterocycles. The molecular formula is C32H47ClN2O3S. The number of hydrogen-bond donors (Lipinski definition) is 4. The second-order valence-corrected chi connectivity index (χ2v) is 14.2. The van der Waals surface area contributed by atoms with Crippen LogP contribution < -0.4 is 10.6 Å². The van der Waals surface area contributed by atoms with Crippen LogP contribution >= 0.6 is 23.4 Å². The lowest BCUT2D eigenvalue weighted by molar-refractivity contribution is -0.125. The molecular weight excluding hydrogens is 528 g/mol.